The Balaban J connectivity index is 3.69. The average molecular weight is 556 g/mol. The molecule has 4 N–H and O–H groups in total. The van der Waals surface area contributed by atoms with E-state index < -0.39 is 24.2 Å². The largest absolute Gasteiger partial charge is 0.394 e. The van der Waals surface area contributed by atoms with Gasteiger partial charge >= 0.3 is 0 Å². The molecular weight excluding hydrogens is 486 g/mol. The summed E-state index contributed by atoms with van der Waals surface area (Å²) < 4.78 is 0. The zero-order chi connectivity index (χ0) is 28.8. The third-order valence-electron chi connectivity index (χ3n) is 8.23. The average Bonchev–Trinajstić information content (AvgIpc) is 2.94. The molecule has 0 saturated heterocycles. The van der Waals surface area contributed by atoms with Crippen molar-refractivity contribution in [3.63, 3.8) is 0 Å². The second-order valence-electron chi connectivity index (χ2n) is 12.1. The molecule has 0 radical (unpaired) electrons. The van der Waals surface area contributed by atoms with Crippen LogP contribution in [0.15, 0.2) is 0 Å². The van der Waals surface area contributed by atoms with Gasteiger partial charge in [0.2, 0.25) is 5.91 Å². The summed E-state index contributed by atoms with van der Waals surface area (Å²) in [6.45, 7) is 4.21. The summed E-state index contributed by atoms with van der Waals surface area (Å²) in [6.07, 6.45) is 30.8. The van der Waals surface area contributed by atoms with Crippen LogP contribution < -0.4 is 5.32 Å². The number of rotatable bonds is 31. The Morgan fingerprint density at radius 1 is 0.513 bits per heavy atom. The monoisotopic (exact) mass is 556 g/mol. The fraction of sp³-hybridized carbons (Fsp3) is 0.971. The molecular formula is C34H69NO4. The lowest BCUT2D eigenvalue weighted by molar-refractivity contribution is -0.131. The van der Waals surface area contributed by atoms with Crippen LogP contribution in [0.25, 0.3) is 0 Å². The smallest absolute Gasteiger partial charge is 0.249 e. The van der Waals surface area contributed by atoms with Gasteiger partial charge in [-0.3, -0.25) is 4.79 Å². The third-order valence-corrected chi connectivity index (χ3v) is 8.23. The highest BCUT2D eigenvalue weighted by Gasteiger charge is 2.23. The minimum absolute atomic E-state index is 0.309. The molecule has 234 valence electrons. The van der Waals surface area contributed by atoms with Gasteiger partial charge in [0.05, 0.1) is 18.8 Å². The number of carbonyl (C=O) groups excluding carboxylic acids is 1. The van der Waals surface area contributed by atoms with E-state index in [9.17, 15) is 20.1 Å². The topological polar surface area (TPSA) is 89.8 Å². The molecule has 0 saturated carbocycles. The lowest BCUT2D eigenvalue weighted by atomic mass is 10.0. The van der Waals surface area contributed by atoms with Gasteiger partial charge in [-0.25, -0.2) is 0 Å². The van der Waals surface area contributed by atoms with Crippen LogP contribution in [-0.2, 0) is 4.79 Å². The van der Waals surface area contributed by atoms with Crippen LogP contribution in [0.4, 0.5) is 0 Å². The maximum absolute atomic E-state index is 12.4. The summed E-state index contributed by atoms with van der Waals surface area (Å²) in [5.41, 5.74) is 0. The van der Waals surface area contributed by atoms with Crippen molar-refractivity contribution >= 4 is 5.91 Å². The molecule has 0 heterocycles. The molecule has 0 fully saturated rings. The van der Waals surface area contributed by atoms with E-state index in [4.69, 9.17) is 0 Å². The second-order valence-corrected chi connectivity index (χ2v) is 12.1. The zero-order valence-electron chi connectivity index (χ0n) is 26.3. The van der Waals surface area contributed by atoms with Crippen LogP contribution in [0.1, 0.15) is 187 Å². The van der Waals surface area contributed by atoms with E-state index >= 15 is 0 Å². The van der Waals surface area contributed by atoms with Gasteiger partial charge in [0, 0.05) is 0 Å². The van der Waals surface area contributed by atoms with Crippen LogP contribution in [0, 0.1) is 0 Å². The van der Waals surface area contributed by atoms with Gasteiger partial charge in [-0.15, -0.1) is 0 Å². The third kappa shape index (κ3) is 26.0. The van der Waals surface area contributed by atoms with Crippen molar-refractivity contribution in [2.75, 3.05) is 6.61 Å². The quantitative estimate of drug-likeness (QED) is 0.0644. The standard InChI is InChI=1S/C34H69NO4/c1-3-5-7-9-11-13-15-17-19-20-22-24-26-28-32(37)31(30-36)35-34(39)33(38)29-27-25-23-21-18-16-14-12-10-8-6-4-2/h31-33,36-38H,3-30H2,1-2H3,(H,35,39)/t31-,32-,33?/m0/s1. The molecule has 0 aromatic rings. The van der Waals surface area contributed by atoms with Crippen molar-refractivity contribution in [3.8, 4) is 0 Å². The maximum Gasteiger partial charge on any atom is 0.249 e. The van der Waals surface area contributed by atoms with E-state index in [0.717, 1.165) is 32.1 Å². The van der Waals surface area contributed by atoms with Gasteiger partial charge < -0.3 is 20.6 Å². The van der Waals surface area contributed by atoms with Crippen molar-refractivity contribution in [1.82, 2.24) is 5.32 Å². The first kappa shape index (κ1) is 38.4. The molecule has 1 unspecified atom stereocenters. The van der Waals surface area contributed by atoms with Gasteiger partial charge in [-0.2, -0.15) is 0 Å². The van der Waals surface area contributed by atoms with Gasteiger partial charge in [-0.05, 0) is 12.8 Å². The van der Waals surface area contributed by atoms with E-state index in [1.165, 1.54) is 128 Å². The fourth-order valence-electron chi connectivity index (χ4n) is 5.42. The first-order valence-corrected chi connectivity index (χ1v) is 17.3. The van der Waals surface area contributed by atoms with Gasteiger partial charge in [0.1, 0.15) is 6.10 Å². The predicted octanol–water partition coefficient (Wildman–Crippen LogP) is 8.76. The molecule has 0 aromatic heterocycles. The second kappa shape index (κ2) is 30.3. The number of unbranched alkanes of at least 4 members (excludes halogenated alkanes) is 23. The number of carbonyl (C=O) groups is 1. The number of aliphatic hydroxyl groups excluding tert-OH is 3. The summed E-state index contributed by atoms with van der Waals surface area (Å²) >= 11 is 0. The Morgan fingerprint density at radius 2 is 0.821 bits per heavy atom. The molecule has 5 heteroatoms. The molecule has 0 aliphatic carbocycles. The van der Waals surface area contributed by atoms with Crippen molar-refractivity contribution < 1.29 is 20.1 Å². The lowest BCUT2D eigenvalue weighted by Crippen LogP contribution is -2.49. The highest BCUT2D eigenvalue weighted by molar-refractivity contribution is 5.80. The van der Waals surface area contributed by atoms with Gasteiger partial charge in [0.15, 0.2) is 0 Å². The highest BCUT2D eigenvalue weighted by Crippen LogP contribution is 2.15. The van der Waals surface area contributed by atoms with Gasteiger partial charge in [0.25, 0.3) is 0 Å². The molecule has 0 bridgehead atoms. The fourth-order valence-corrected chi connectivity index (χ4v) is 5.42. The zero-order valence-corrected chi connectivity index (χ0v) is 26.3. The lowest BCUT2D eigenvalue weighted by Gasteiger charge is -2.23. The van der Waals surface area contributed by atoms with Crippen LogP contribution in [0.5, 0.6) is 0 Å². The van der Waals surface area contributed by atoms with Crippen LogP contribution in [-0.4, -0.2) is 46.1 Å². The van der Waals surface area contributed by atoms with Crippen molar-refractivity contribution in [2.45, 2.75) is 205 Å². The summed E-state index contributed by atoms with van der Waals surface area (Å²) in [7, 11) is 0. The first-order valence-electron chi connectivity index (χ1n) is 17.3. The normalized spacial score (nSPS) is 13.9. The number of nitrogens with one attached hydrogen (secondary N) is 1. The van der Waals surface area contributed by atoms with E-state index in [0.29, 0.717) is 12.8 Å². The minimum atomic E-state index is -1.06. The van der Waals surface area contributed by atoms with E-state index in [2.05, 4.69) is 19.2 Å². The Bertz CT molecular complexity index is 502. The summed E-state index contributed by atoms with van der Waals surface area (Å²) in [5, 5.41) is 33.0. The van der Waals surface area contributed by atoms with Crippen molar-refractivity contribution in [3.05, 3.63) is 0 Å². The molecule has 3 atom stereocenters. The van der Waals surface area contributed by atoms with Crippen molar-refractivity contribution in [2.24, 2.45) is 0 Å². The maximum atomic E-state index is 12.4. The molecule has 39 heavy (non-hydrogen) atoms. The molecule has 5 nitrogen and oxygen atoms in total. The number of amides is 1. The Labute approximate surface area is 243 Å². The van der Waals surface area contributed by atoms with Crippen molar-refractivity contribution in [1.29, 1.82) is 0 Å². The minimum Gasteiger partial charge on any atom is -0.394 e. The number of hydrogen-bond acceptors (Lipinski definition) is 4. The molecule has 1 amide bonds. The highest BCUT2D eigenvalue weighted by atomic mass is 16.3. The van der Waals surface area contributed by atoms with Crippen LogP contribution >= 0.6 is 0 Å². The number of aliphatic hydroxyl groups is 3. The van der Waals surface area contributed by atoms with E-state index in [1.54, 1.807) is 0 Å². The van der Waals surface area contributed by atoms with E-state index in [-0.39, 0.29) is 6.61 Å². The predicted molar refractivity (Wildman–Crippen MR) is 167 cm³/mol. The summed E-state index contributed by atoms with van der Waals surface area (Å²) in [4.78, 5) is 12.4. The molecule has 0 aliphatic heterocycles. The Morgan fingerprint density at radius 3 is 1.15 bits per heavy atom. The SMILES string of the molecule is CCCCCCCCCCCCCCC[C@H](O)[C@H](CO)NC(=O)C(O)CCCCCCCCCCCCCC. The molecule has 0 aliphatic rings. The van der Waals surface area contributed by atoms with Crippen LogP contribution in [0.2, 0.25) is 0 Å². The number of hydrogen-bond donors (Lipinski definition) is 4. The molecule has 0 rings (SSSR count). The Kier molecular flexibility index (Phi) is 29.8. The Hall–Kier alpha value is -0.650. The molecule has 0 spiro atoms. The molecule has 0 aromatic carbocycles. The summed E-state index contributed by atoms with van der Waals surface area (Å²) in [5.74, 6) is -0.471. The summed E-state index contributed by atoms with van der Waals surface area (Å²) in [6, 6.07) is -0.702. The van der Waals surface area contributed by atoms with E-state index in [1.807, 2.05) is 0 Å². The van der Waals surface area contributed by atoms with Gasteiger partial charge in [-0.1, -0.05) is 174 Å². The van der Waals surface area contributed by atoms with Crippen LogP contribution in [0.3, 0.4) is 0 Å². The first-order chi connectivity index (χ1) is 19.1.